The lowest BCUT2D eigenvalue weighted by Crippen LogP contribution is -2.22. The van der Waals surface area contributed by atoms with Crippen molar-refractivity contribution in [1.29, 1.82) is 0 Å². The topological polar surface area (TPSA) is 55.1 Å². The SMILES string of the molecule is NCC#Cc1ccc(C(=O)NCc2ccc(Br)s2)cc1Cl. The van der Waals surface area contributed by atoms with Crippen molar-refractivity contribution in [3.8, 4) is 11.8 Å². The summed E-state index contributed by atoms with van der Waals surface area (Å²) in [5.41, 5.74) is 6.49. The van der Waals surface area contributed by atoms with Gasteiger partial charge in [-0.05, 0) is 46.3 Å². The molecule has 0 aliphatic rings. The molecule has 1 amide bonds. The predicted molar refractivity (Wildman–Crippen MR) is 90.6 cm³/mol. The van der Waals surface area contributed by atoms with Gasteiger partial charge in [-0.1, -0.05) is 23.4 Å². The van der Waals surface area contributed by atoms with Crippen LogP contribution in [0, 0.1) is 11.8 Å². The molecule has 2 aromatic rings. The molecule has 0 aliphatic heterocycles. The van der Waals surface area contributed by atoms with Crippen molar-refractivity contribution >= 4 is 44.8 Å². The highest BCUT2D eigenvalue weighted by Crippen LogP contribution is 2.22. The third kappa shape index (κ3) is 4.58. The Kier molecular flexibility index (Phi) is 5.83. The van der Waals surface area contributed by atoms with E-state index in [1.165, 1.54) is 0 Å². The van der Waals surface area contributed by atoms with E-state index in [1.54, 1.807) is 29.5 Å². The third-order valence-corrected chi connectivity index (χ3v) is 4.54. The Labute approximate surface area is 140 Å². The van der Waals surface area contributed by atoms with Crippen LogP contribution in [0.4, 0.5) is 0 Å². The molecule has 1 heterocycles. The first-order valence-electron chi connectivity index (χ1n) is 6.11. The fourth-order valence-electron chi connectivity index (χ4n) is 1.62. The van der Waals surface area contributed by atoms with Crippen LogP contribution in [0.2, 0.25) is 5.02 Å². The lowest BCUT2D eigenvalue weighted by Gasteiger charge is -2.05. The summed E-state index contributed by atoms with van der Waals surface area (Å²) in [4.78, 5) is 13.1. The summed E-state index contributed by atoms with van der Waals surface area (Å²) >= 11 is 11.1. The van der Waals surface area contributed by atoms with Gasteiger partial charge in [-0.3, -0.25) is 4.79 Å². The third-order valence-electron chi connectivity index (χ3n) is 2.61. The molecule has 2 rings (SSSR count). The van der Waals surface area contributed by atoms with Gasteiger partial charge in [0.05, 0.1) is 21.9 Å². The van der Waals surface area contributed by atoms with E-state index in [9.17, 15) is 4.79 Å². The number of thiophene rings is 1. The highest BCUT2D eigenvalue weighted by atomic mass is 79.9. The van der Waals surface area contributed by atoms with Crippen LogP contribution in [0.5, 0.6) is 0 Å². The summed E-state index contributed by atoms with van der Waals surface area (Å²) in [5.74, 6) is 5.42. The Morgan fingerprint density at radius 2 is 2.19 bits per heavy atom. The van der Waals surface area contributed by atoms with E-state index in [0.29, 0.717) is 22.7 Å². The molecule has 1 aromatic heterocycles. The van der Waals surface area contributed by atoms with E-state index in [4.69, 9.17) is 17.3 Å². The highest BCUT2D eigenvalue weighted by molar-refractivity contribution is 9.11. The summed E-state index contributed by atoms with van der Waals surface area (Å²) in [7, 11) is 0. The average Bonchev–Trinajstić information content (AvgIpc) is 2.89. The molecular weight excluding hydrogens is 372 g/mol. The molecule has 6 heteroatoms. The average molecular weight is 384 g/mol. The van der Waals surface area contributed by atoms with E-state index in [2.05, 4.69) is 33.1 Å². The first-order valence-corrected chi connectivity index (χ1v) is 8.10. The maximum Gasteiger partial charge on any atom is 0.251 e. The molecule has 0 aliphatic carbocycles. The standard InChI is InChI=1S/C15H12BrClN2OS/c16-14-6-5-12(21-14)9-19-15(20)11-4-3-10(2-1-7-18)13(17)8-11/h3-6,8H,7,9,18H2,(H,19,20). The molecule has 3 N–H and O–H groups in total. The molecule has 0 atom stereocenters. The summed E-state index contributed by atoms with van der Waals surface area (Å²) < 4.78 is 1.04. The summed E-state index contributed by atoms with van der Waals surface area (Å²) in [5, 5.41) is 3.30. The van der Waals surface area contributed by atoms with Crippen molar-refractivity contribution in [1.82, 2.24) is 5.32 Å². The van der Waals surface area contributed by atoms with Crippen LogP contribution in [0.3, 0.4) is 0 Å². The number of hydrogen-bond donors (Lipinski definition) is 2. The van der Waals surface area contributed by atoms with Crippen LogP contribution in [-0.4, -0.2) is 12.5 Å². The van der Waals surface area contributed by atoms with Crippen LogP contribution in [0.25, 0.3) is 0 Å². The van der Waals surface area contributed by atoms with Gasteiger partial charge in [0.25, 0.3) is 5.91 Å². The van der Waals surface area contributed by atoms with Crippen molar-refractivity contribution in [2.24, 2.45) is 5.73 Å². The maximum absolute atomic E-state index is 12.1. The Bertz CT molecular complexity index is 718. The van der Waals surface area contributed by atoms with E-state index in [1.807, 2.05) is 12.1 Å². The Hall–Kier alpha value is -1.32. The number of carbonyl (C=O) groups excluding carboxylic acids is 1. The first kappa shape index (κ1) is 16.1. The molecule has 0 saturated heterocycles. The zero-order valence-electron chi connectivity index (χ0n) is 11.0. The van der Waals surface area contributed by atoms with Gasteiger partial charge in [-0.2, -0.15) is 0 Å². The second kappa shape index (κ2) is 7.62. The number of carbonyl (C=O) groups is 1. The highest BCUT2D eigenvalue weighted by Gasteiger charge is 2.08. The minimum absolute atomic E-state index is 0.167. The van der Waals surface area contributed by atoms with E-state index in [-0.39, 0.29) is 12.5 Å². The number of nitrogens with one attached hydrogen (secondary N) is 1. The van der Waals surface area contributed by atoms with Gasteiger partial charge in [-0.25, -0.2) is 0 Å². The van der Waals surface area contributed by atoms with Crippen molar-refractivity contribution in [2.75, 3.05) is 6.54 Å². The maximum atomic E-state index is 12.1. The molecule has 0 radical (unpaired) electrons. The van der Waals surface area contributed by atoms with Crippen LogP contribution in [0.1, 0.15) is 20.8 Å². The lowest BCUT2D eigenvalue weighted by atomic mass is 10.1. The van der Waals surface area contributed by atoms with Gasteiger partial charge >= 0.3 is 0 Å². The second-order valence-electron chi connectivity index (χ2n) is 4.09. The van der Waals surface area contributed by atoms with Crippen LogP contribution in [0.15, 0.2) is 34.1 Å². The summed E-state index contributed by atoms with van der Waals surface area (Å²) in [6.07, 6.45) is 0. The predicted octanol–water partition coefficient (Wildman–Crippen LogP) is 3.40. The molecule has 0 fully saturated rings. The Morgan fingerprint density at radius 1 is 1.38 bits per heavy atom. The molecular formula is C15H12BrClN2OS. The van der Waals surface area contributed by atoms with Crippen molar-refractivity contribution in [3.63, 3.8) is 0 Å². The number of halogens is 2. The second-order valence-corrected chi connectivity index (χ2v) is 7.04. The number of amides is 1. The van der Waals surface area contributed by atoms with Crippen LogP contribution >= 0.6 is 38.9 Å². The van der Waals surface area contributed by atoms with Crippen LogP contribution < -0.4 is 11.1 Å². The molecule has 0 unspecified atom stereocenters. The van der Waals surface area contributed by atoms with Crippen molar-refractivity contribution < 1.29 is 4.79 Å². The minimum atomic E-state index is -0.167. The van der Waals surface area contributed by atoms with Gasteiger partial charge in [0.1, 0.15) is 0 Å². The number of hydrogen-bond acceptors (Lipinski definition) is 3. The Balaban J connectivity index is 2.04. The molecule has 0 spiro atoms. The van der Waals surface area contributed by atoms with Gasteiger partial charge < -0.3 is 11.1 Å². The largest absolute Gasteiger partial charge is 0.347 e. The van der Waals surface area contributed by atoms with Gasteiger partial charge in [0, 0.05) is 16.0 Å². The van der Waals surface area contributed by atoms with Crippen molar-refractivity contribution in [2.45, 2.75) is 6.54 Å². The smallest absolute Gasteiger partial charge is 0.251 e. The number of nitrogens with two attached hydrogens (primary N) is 1. The molecule has 0 saturated carbocycles. The molecule has 3 nitrogen and oxygen atoms in total. The van der Waals surface area contributed by atoms with Crippen molar-refractivity contribution in [3.05, 3.63) is 55.1 Å². The zero-order valence-corrected chi connectivity index (χ0v) is 14.1. The zero-order chi connectivity index (χ0) is 15.2. The summed E-state index contributed by atoms with van der Waals surface area (Å²) in [6.45, 7) is 0.760. The lowest BCUT2D eigenvalue weighted by molar-refractivity contribution is 0.0951. The van der Waals surface area contributed by atoms with E-state index < -0.39 is 0 Å². The quantitative estimate of drug-likeness (QED) is 0.798. The molecule has 0 bridgehead atoms. The first-order chi connectivity index (χ1) is 10.1. The molecule has 21 heavy (non-hydrogen) atoms. The fraction of sp³-hybridized carbons (Fsp3) is 0.133. The van der Waals surface area contributed by atoms with Gasteiger partial charge in [0.2, 0.25) is 0 Å². The van der Waals surface area contributed by atoms with Gasteiger partial charge in [0.15, 0.2) is 0 Å². The van der Waals surface area contributed by atoms with Gasteiger partial charge in [-0.15, -0.1) is 11.3 Å². The van der Waals surface area contributed by atoms with E-state index >= 15 is 0 Å². The number of rotatable bonds is 3. The number of benzene rings is 1. The summed E-state index contributed by atoms with van der Waals surface area (Å²) in [6, 6.07) is 8.96. The van der Waals surface area contributed by atoms with Crippen LogP contribution in [-0.2, 0) is 6.54 Å². The minimum Gasteiger partial charge on any atom is -0.347 e. The normalized spacial score (nSPS) is 9.86. The fourth-order valence-corrected chi connectivity index (χ4v) is 3.27. The molecule has 108 valence electrons. The monoisotopic (exact) mass is 382 g/mol. The molecule has 1 aromatic carbocycles. The Morgan fingerprint density at radius 3 is 2.81 bits per heavy atom. The van der Waals surface area contributed by atoms with E-state index in [0.717, 1.165) is 8.66 Å².